The molecule has 0 aromatic carbocycles. The fraction of sp³-hybridized carbons (Fsp3) is 0.667. The van der Waals surface area contributed by atoms with E-state index in [1.54, 1.807) is 0 Å². The molecular formula is C9H11F3O2. The van der Waals surface area contributed by atoms with Crippen LogP contribution in [0.25, 0.3) is 0 Å². The van der Waals surface area contributed by atoms with Crippen molar-refractivity contribution < 1.29 is 22.7 Å². The molecule has 80 valence electrons. The van der Waals surface area contributed by atoms with Gasteiger partial charge in [0, 0.05) is 11.6 Å². The second-order valence-electron chi connectivity index (χ2n) is 3.40. The maximum absolute atomic E-state index is 11.9. The summed E-state index contributed by atoms with van der Waals surface area (Å²) in [4.78, 5) is 10.8. The maximum Gasteiger partial charge on any atom is 0.412 e. The highest BCUT2D eigenvalue weighted by Crippen LogP contribution is 2.29. The number of esters is 1. The number of allylic oxidation sites excluding steroid dienone is 1. The first kappa shape index (κ1) is 11.1. The lowest BCUT2D eigenvalue weighted by Crippen LogP contribution is -2.12. The van der Waals surface area contributed by atoms with E-state index >= 15 is 0 Å². The molecule has 0 saturated heterocycles. The molecular weight excluding hydrogens is 197 g/mol. The summed E-state index contributed by atoms with van der Waals surface area (Å²) in [7, 11) is 0. The Morgan fingerprint density at radius 1 is 1.50 bits per heavy atom. The van der Waals surface area contributed by atoms with Gasteiger partial charge in [0.25, 0.3) is 0 Å². The van der Waals surface area contributed by atoms with Crippen LogP contribution in [0.2, 0.25) is 0 Å². The van der Waals surface area contributed by atoms with Crippen LogP contribution in [0.1, 0.15) is 19.8 Å². The van der Waals surface area contributed by atoms with Crippen molar-refractivity contribution in [2.24, 2.45) is 5.92 Å². The fourth-order valence-corrected chi connectivity index (χ4v) is 0.785. The minimum atomic E-state index is -4.45. The molecule has 0 heterocycles. The lowest BCUT2D eigenvalue weighted by molar-refractivity contribution is -0.139. The van der Waals surface area contributed by atoms with E-state index in [9.17, 15) is 18.0 Å². The van der Waals surface area contributed by atoms with Crippen molar-refractivity contribution in [3.05, 3.63) is 11.6 Å². The molecule has 0 radical (unpaired) electrons. The summed E-state index contributed by atoms with van der Waals surface area (Å²) in [6.07, 6.45) is -1.97. The Bertz CT molecular complexity index is 251. The molecule has 0 N–H and O–H groups in total. The Labute approximate surface area is 79.7 Å². The largest absolute Gasteiger partial charge is 0.462 e. The van der Waals surface area contributed by atoms with Crippen LogP contribution in [0, 0.1) is 5.92 Å². The standard InChI is InChI=1S/C9H11F3O2/c1-6(9(10,11)12)4-8(13)14-5-7-2-3-7/h4,7H,2-3,5H2,1H3. The molecule has 0 amide bonds. The van der Waals surface area contributed by atoms with Crippen LogP contribution < -0.4 is 0 Å². The van der Waals surface area contributed by atoms with E-state index in [4.69, 9.17) is 0 Å². The third-order valence-electron chi connectivity index (χ3n) is 1.94. The van der Waals surface area contributed by atoms with E-state index < -0.39 is 17.7 Å². The van der Waals surface area contributed by atoms with Gasteiger partial charge >= 0.3 is 12.1 Å². The third kappa shape index (κ3) is 3.81. The van der Waals surface area contributed by atoms with Crippen molar-refractivity contribution in [3.63, 3.8) is 0 Å². The first-order chi connectivity index (χ1) is 6.39. The second kappa shape index (κ2) is 4.02. The molecule has 0 aromatic heterocycles. The summed E-state index contributed by atoms with van der Waals surface area (Å²) in [5.41, 5.74) is -0.932. The zero-order chi connectivity index (χ0) is 10.8. The van der Waals surface area contributed by atoms with Crippen molar-refractivity contribution >= 4 is 5.97 Å². The van der Waals surface area contributed by atoms with Crippen molar-refractivity contribution in [3.8, 4) is 0 Å². The van der Waals surface area contributed by atoms with E-state index in [1.807, 2.05) is 0 Å². The molecule has 0 bridgehead atoms. The van der Waals surface area contributed by atoms with E-state index in [0.717, 1.165) is 19.8 Å². The summed E-state index contributed by atoms with van der Waals surface area (Å²) in [6, 6.07) is 0. The fourth-order valence-electron chi connectivity index (χ4n) is 0.785. The van der Waals surface area contributed by atoms with Crippen molar-refractivity contribution in [2.75, 3.05) is 6.61 Å². The van der Waals surface area contributed by atoms with Gasteiger partial charge in [-0.15, -0.1) is 0 Å². The summed E-state index contributed by atoms with van der Waals surface area (Å²) in [5.74, 6) is -0.551. The molecule has 1 aliphatic rings. The van der Waals surface area contributed by atoms with E-state index in [0.29, 0.717) is 12.0 Å². The predicted octanol–water partition coefficient (Wildman–Crippen LogP) is 2.45. The molecule has 5 heteroatoms. The Hall–Kier alpha value is -1.00. The first-order valence-electron chi connectivity index (χ1n) is 4.32. The first-order valence-corrected chi connectivity index (χ1v) is 4.32. The smallest absolute Gasteiger partial charge is 0.412 e. The van der Waals surface area contributed by atoms with E-state index in [-0.39, 0.29) is 6.61 Å². The molecule has 0 atom stereocenters. The van der Waals surface area contributed by atoms with Crippen molar-refractivity contribution in [2.45, 2.75) is 25.9 Å². The van der Waals surface area contributed by atoms with Crippen molar-refractivity contribution in [1.29, 1.82) is 0 Å². The molecule has 0 unspecified atom stereocenters. The summed E-state index contributed by atoms with van der Waals surface area (Å²) in [5, 5.41) is 0. The molecule has 2 nitrogen and oxygen atoms in total. The van der Waals surface area contributed by atoms with Gasteiger partial charge in [-0.3, -0.25) is 0 Å². The second-order valence-corrected chi connectivity index (χ2v) is 3.40. The Morgan fingerprint density at radius 2 is 2.07 bits per heavy atom. The van der Waals surface area contributed by atoms with E-state index in [2.05, 4.69) is 4.74 Å². The number of carbonyl (C=O) groups is 1. The number of halogens is 3. The van der Waals surface area contributed by atoms with Gasteiger partial charge in [-0.2, -0.15) is 13.2 Å². The van der Waals surface area contributed by atoms with Gasteiger partial charge in [0.15, 0.2) is 0 Å². The molecule has 0 aromatic rings. The summed E-state index contributed by atoms with van der Waals surface area (Å²) in [6.45, 7) is 1.08. The van der Waals surface area contributed by atoms with Crippen LogP contribution in [0.3, 0.4) is 0 Å². The molecule has 0 spiro atoms. The van der Waals surface area contributed by atoms with Crippen LogP contribution in [-0.4, -0.2) is 18.8 Å². The highest BCUT2D eigenvalue weighted by molar-refractivity contribution is 5.82. The molecule has 0 aliphatic heterocycles. The summed E-state index contributed by atoms with van der Waals surface area (Å²) >= 11 is 0. The number of ether oxygens (including phenoxy) is 1. The van der Waals surface area contributed by atoms with Crippen LogP contribution in [-0.2, 0) is 9.53 Å². The molecule has 1 fully saturated rings. The average molecular weight is 208 g/mol. The summed E-state index contributed by atoms with van der Waals surface area (Å²) < 4.78 is 40.5. The van der Waals surface area contributed by atoms with Crippen LogP contribution in [0.4, 0.5) is 13.2 Å². The minimum absolute atomic E-state index is 0.237. The molecule has 14 heavy (non-hydrogen) atoms. The number of rotatable bonds is 3. The third-order valence-corrected chi connectivity index (χ3v) is 1.94. The molecule has 1 rings (SSSR count). The Kier molecular flexibility index (Phi) is 3.18. The Balaban J connectivity index is 2.36. The van der Waals surface area contributed by atoms with Gasteiger partial charge in [0.05, 0.1) is 6.61 Å². The molecule has 1 aliphatic carbocycles. The zero-order valence-corrected chi connectivity index (χ0v) is 7.73. The predicted molar refractivity (Wildman–Crippen MR) is 43.5 cm³/mol. The lowest BCUT2D eigenvalue weighted by atomic mass is 10.3. The highest BCUT2D eigenvalue weighted by atomic mass is 19.4. The average Bonchev–Trinajstić information content (AvgIpc) is 2.81. The van der Waals surface area contributed by atoms with Gasteiger partial charge in [-0.05, 0) is 25.7 Å². The number of hydrogen-bond acceptors (Lipinski definition) is 2. The van der Waals surface area contributed by atoms with Crippen molar-refractivity contribution in [1.82, 2.24) is 0 Å². The van der Waals surface area contributed by atoms with Gasteiger partial charge in [-0.25, -0.2) is 4.79 Å². The SMILES string of the molecule is CC(=CC(=O)OCC1CC1)C(F)(F)F. The quantitative estimate of drug-likeness (QED) is 0.526. The number of alkyl halides is 3. The lowest BCUT2D eigenvalue weighted by Gasteiger charge is -2.05. The van der Waals surface area contributed by atoms with E-state index in [1.165, 1.54) is 0 Å². The van der Waals surface area contributed by atoms with Gasteiger partial charge in [-0.1, -0.05) is 0 Å². The van der Waals surface area contributed by atoms with Gasteiger partial charge < -0.3 is 4.74 Å². The Morgan fingerprint density at radius 3 is 2.50 bits per heavy atom. The van der Waals surface area contributed by atoms with Crippen LogP contribution in [0.5, 0.6) is 0 Å². The maximum atomic E-state index is 11.9. The van der Waals surface area contributed by atoms with Gasteiger partial charge in [0.1, 0.15) is 0 Å². The zero-order valence-electron chi connectivity index (χ0n) is 7.73. The number of hydrogen-bond donors (Lipinski definition) is 0. The normalized spacial score (nSPS) is 18.1. The number of carbonyl (C=O) groups excluding carboxylic acids is 1. The van der Waals surface area contributed by atoms with Gasteiger partial charge in [0.2, 0.25) is 0 Å². The topological polar surface area (TPSA) is 26.3 Å². The van der Waals surface area contributed by atoms with Crippen LogP contribution >= 0.6 is 0 Å². The minimum Gasteiger partial charge on any atom is -0.462 e. The monoisotopic (exact) mass is 208 g/mol. The van der Waals surface area contributed by atoms with Crippen LogP contribution in [0.15, 0.2) is 11.6 Å². The highest BCUT2D eigenvalue weighted by Gasteiger charge is 2.31. The molecule has 1 saturated carbocycles.